The maximum absolute atomic E-state index is 11.0. The highest BCUT2D eigenvalue weighted by Gasteiger charge is 2.18. The lowest BCUT2D eigenvalue weighted by Crippen LogP contribution is -2.39. The normalized spacial score (nSPS) is 10.4. The molecular weight excluding hydrogens is 258 g/mol. The summed E-state index contributed by atoms with van der Waals surface area (Å²) in [7, 11) is 0. The minimum absolute atomic E-state index is 0.0364. The maximum Gasteiger partial charge on any atom is 0.356 e. The Labute approximate surface area is 109 Å². The monoisotopic (exact) mass is 271 g/mol. The standard InChI is InChI=1S/C11H14ClN3O3/c1-6(2)15(5-8(13)16)9-4-3-7(12)10(14-9)11(17)18/h3-4,6H,5H2,1-2H3,(H2,13,16)(H,17,18). The molecule has 0 bridgehead atoms. The zero-order valence-electron chi connectivity index (χ0n) is 10.1. The zero-order valence-corrected chi connectivity index (χ0v) is 10.8. The van der Waals surface area contributed by atoms with Crippen molar-refractivity contribution in [2.75, 3.05) is 11.4 Å². The first-order chi connectivity index (χ1) is 8.32. The van der Waals surface area contributed by atoms with Crippen LogP contribution in [-0.4, -0.2) is 34.6 Å². The Balaban J connectivity index is 3.17. The van der Waals surface area contributed by atoms with Crippen molar-refractivity contribution < 1.29 is 14.7 Å². The summed E-state index contributed by atoms with van der Waals surface area (Å²) >= 11 is 5.73. The molecule has 0 radical (unpaired) electrons. The fraction of sp³-hybridized carbons (Fsp3) is 0.364. The molecule has 0 aliphatic heterocycles. The van der Waals surface area contributed by atoms with E-state index in [0.29, 0.717) is 5.82 Å². The molecule has 0 unspecified atom stereocenters. The molecule has 0 aliphatic carbocycles. The molecule has 0 spiro atoms. The van der Waals surface area contributed by atoms with Crippen LogP contribution in [0.4, 0.5) is 5.82 Å². The number of primary amides is 1. The molecule has 0 aromatic carbocycles. The van der Waals surface area contributed by atoms with Gasteiger partial charge in [0.2, 0.25) is 5.91 Å². The van der Waals surface area contributed by atoms with Crippen LogP contribution in [0.15, 0.2) is 12.1 Å². The molecule has 7 heteroatoms. The van der Waals surface area contributed by atoms with Gasteiger partial charge in [-0.25, -0.2) is 9.78 Å². The Morgan fingerprint density at radius 2 is 2.11 bits per heavy atom. The van der Waals surface area contributed by atoms with Crippen molar-refractivity contribution in [2.24, 2.45) is 5.73 Å². The highest BCUT2D eigenvalue weighted by molar-refractivity contribution is 6.33. The highest BCUT2D eigenvalue weighted by atomic mass is 35.5. The Hall–Kier alpha value is -1.82. The van der Waals surface area contributed by atoms with Gasteiger partial charge in [-0.1, -0.05) is 11.6 Å². The van der Waals surface area contributed by atoms with E-state index >= 15 is 0 Å². The Kier molecular flexibility index (Phi) is 4.49. The Morgan fingerprint density at radius 1 is 1.50 bits per heavy atom. The molecule has 0 aliphatic rings. The number of carboxylic acid groups (broad SMARTS) is 1. The molecule has 1 aromatic rings. The number of amides is 1. The van der Waals surface area contributed by atoms with Gasteiger partial charge in [0.1, 0.15) is 5.82 Å². The first-order valence-corrected chi connectivity index (χ1v) is 5.65. The second-order valence-corrected chi connectivity index (χ2v) is 4.40. The lowest BCUT2D eigenvalue weighted by Gasteiger charge is -2.26. The number of carbonyl (C=O) groups is 2. The summed E-state index contributed by atoms with van der Waals surface area (Å²) in [6.45, 7) is 3.66. The number of aromatic carboxylic acids is 1. The van der Waals surface area contributed by atoms with Crippen LogP contribution < -0.4 is 10.6 Å². The number of hydrogen-bond donors (Lipinski definition) is 2. The first kappa shape index (κ1) is 14.2. The molecule has 3 N–H and O–H groups in total. The van der Waals surface area contributed by atoms with Crippen LogP contribution >= 0.6 is 11.6 Å². The van der Waals surface area contributed by atoms with E-state index < -0.39 is 11.9 Å². The fourth-order valence-electron chi connectivity index (χ4n) is 1.44. The Morgan fingerprint density at radius 3 is 2.56 bits per heavy atom. The molecule has 1 rings (SSSR count). The lowest BCUT2D eigenvalue weighted by atomic mass is 10.2. The third kappa shape index (κ3) is 3.33. The number of halogens is 1. The topological polar surface area (TPSA) is 96.5 Å². The van der Waals surface area contributed by atoms with Crippen LogP contribution in [0.1, 0.15) is 24.3 Å². The molecule has 1 aromatic heterocycles. The van der Waals surface area contributed by atoms with Crippen molar-refractivity contribution in [3.05, 3.63) is 22.8 Å². The predicted molar refractivity (Wildman–Crippen MR) is 67.9 cm³/mol. The van der Waals surface area contributed by atoms with E-state index in [2.05, 4.69) is 4.98 Å². The largest absolute Gasteiger partial charge is 0.476 e. The number of anilines is 1. The van der Waals surface area contributed by atoms with Crippen molar-refractivity contribution in [3.63, 3.8) is 0 Å². The summed E-state index contributed by atoms with van der Waals surface area (Å²) in [5.41, 5.74) is 4.90. The van der Waals surface area contributed by atoms with Crippen LogP contribution in [0.2, 0.25) is 5.02 Å². The number of carboxylic acids is 1. The Bertz CT molecular complexity index is 477. The van der Waals surface area contributed by atoms with Crippen LogP contribution in [0.25, 0.3) is 0 Å². The lowest BCUT2D eigenvalue weighted by molar-refractivity contribution is -0.116. The van der Waals surface area contributed by atoms with Crippen LogP contribution in [0.3, 0.4) is 0 Å². The van der Waals surface area contributed by atoms with Crippen LogP contribution in [0.5, 0.6) is 0 Å². The molecule has 0 fully saturated rings. The van der Waals surface area contributed by atoms with Gasteiger partial charge < -0.3 is 15.7 Å². The quantitative estimate of drug-likeness (QED) is 0.837. The van der Waals surface area contributed by atoms with Crippen molar-refractivity contribution in [3.8, 4) is 0 Å². The van der Waals surface area contributed by atoms with E-state index in [1.54, 1.807) is 11.0 Å². The van der Waals surface area contributed by atoms with Crippen molar-refractivity contribution >= 4 is 29.3 Å². The molecular formula is C11H14ClN3O3. The van der Waals surface area contributed by atoms with Gasteiger partial charge in [0.05, 0.1) is 11.6 Å². The zero-order chi connectivity index (χ0) is 13.9. The van der Waals surface area contributed by atoms with Crippen molar-refractivity contribution in [1.29, 1.82) is 0 Å². The molecule has 0 atom stereocenters. The van der Waals surface area contributed by atoms with Gasteiger partial charge in [-0.15, -0.1) is 0 Å². The second kappa shape index (κ2) is 5.68. The molecule has 1 amide bonds. The summed E-state index contributed by atoms with van der Waals surface area (Å²) in [5.74, 6) is -1.38. The minimum atomic E-state index is -1.22. The van der Waals surface area contributed by atoms with E-state index in [4.69, 9.17) is 22.4 Å². The molecule has 6 nitrogen and oxygen atoms in total. The SMILES string of the molecule is CC(C)N(CC(N)=O)c1ccc(Cl)c(C(=O)O)n1. The van der Waals surface area contributed by atoms with Crippen molar-refractivity contribution in [2.45, 2.75) is 19.9 Å². The van der Waals surface area contributed by atoms with Gasteiger partial charge in [-0.05, 0) is 26.0 Å². The second-order valence-electron chi connectivity index (χ2n) is 3.99. The number of nitrogens with two attached hydrogens (primary N) is 1. The summed E-state index contributed by atoms with van der Waals surface area (Å²) in [4.78, 5) is 27.5. The molecule has 0 saturated heterocycles. The van der Waals surface area contributed by atoms with E-state index in [0.717, 1.165) is 0 Å². The molecule has 98 valence electrons. The van der Waals surface area contributed by atoms with E-state index in [9.17, 15) is 9.59 Å². The molecule has 0 saturated carbocycles. The van der Waals surface area contributed by atoms with E-state index in [1.807, 2.05) is 13.8 Å². The highest BCUT2D eigenvalue weighted by Crippen LogP contribution is 2.20. The number of rotatable bonds is 5. The van der Waals surface area contributed by atoms with Gasteiger partial charge >= 0.3 is 5.97 Å². The average Bonchev–Trinajstić information content (AvgIpc) is 2.26. The minimum Gasteiger partial charge on any atom is -0.476 e. The van der Waals surface area contributed by atoms with Gasteiger partial charge in [0.15, 0.2) is 5.69 Å². The van der Waals surface area contributed by atoms with Crippen LogP contribution in [-0.2, 0) is 4.79 Å². The smallest absolute Gasteiger partial charge is 0.356 e. The number of carbonyl (C=O) groups excluding carboxylic acids is 1. The first-order valence-electron chi connectivity index (χ1n) is 5.27. The number of nitrogens with zero attached hydrogens (tertiary/aromatic N) is 2. The van der Waals surface area contributed by atoms with Gasteiger partial charge in [0.25, 0.3) is 0 Å². The summed E-state index contributed by atoms with van der Waals surface area (Å²) in [6.07, 6.45) is 0. The third-order valence-corrected chi connectivity index (χ3v) is 2.58. The third-order valence-electron chi connectivity index (χ3n) is 2.28. The summed E-state index contributed by atoms with van der Waals surface area (Å²) in [6, 6.07) is 2.94. The van der Waals surface area contributed by atoms with Crippen LogP contribution in [0, 0.1) is 0 Å². The predicted octanol–water partition coefficient (Wildman–Crippen LogP) is 1.13. The van der Waals surface area contributed by atoms with E-state index in [-0.39, 0.29) is 23.3 Å². The van der Waals surface area contributed by atoms with Gasteiger partial charge in [-0.3, -0.25) is 4.79 Å². The molecule has 1 heterocycles. The van der Waals surface area contributed by atoms with E-state index in [1.165, 1.54) is 6.07 Å². The number of hydrogen-bond acceptors (Lipinski definition) is 4. The average molecular weight is 272 g/mol. The van der Waals surface area contributed by atoms with Gasteiger partial charge in [-0.2, -0.15) is 0 Å². The fourth-order valence-corrected chi connectivity index (χ4v) is 1.62. The summed E-state index contributed by atoms with van der Waals surface area (Å²) < 4.78 is 0. The molecule has 18 heavy (non-hydrogen) atoms. The summed E-state index contributed by atoms with van der Waals surface area (Å²) in [5, 5.41) is 8.99. The maximum atomic E-state index is 11.0. The van der Waals surface area contributed by atoms with Crippen molar-refractivity contribution in [1.82, 2.24) is 4.98 Å². The number of pyridine rings is 1. The number of aromatic nitrogens is 1. The van der Waals surface area contributed by atoms with Gasteiger partial charge in [0, 0.05) is 6.04 Å².